The first-order valence-corrected chi connectivity index (χ1v) is 7.20. The number of phenolic OH excluding ortho intramolecular Hbond substituents is 1. The van der Waals surface area contributed by atoms with Crippen LogP contribution in [0.15, 0.2) is 42.5 Å². The summed E-state index contributed by atoms with van der Waals surface area (Å²) in [6, 6.07) is 13.1. The van der Waals surface area contributed by atoms with E-state index in [1.165, 1.54) is 5.56 Å². The van der Waals surface area contributed by atoms with E-state index in [2.05, 4.69) is 4.98 Å². The minimum Gasteiger partial charge on any atom is -0.508 e. The van der Waals surface area contributed by atoms with Gasteiger partial charge in [-0.25, -0.2) is 0 Å². The predicted octanol–water partition coefficient (Wildman–Crippen LogP) is 4.06. The Morgan fingerprint density at radius 2 is 1.81 bits per heavy atom. The van der Waals surface area contributed by atoms with Crippen LogP contribution in [0.2, 0.25) is 0 Å². The Morgan fingerprint density at radius 1 is 1.00 bits per heavy atom. The van der Waals surface area contributed by atoms with Crippen LogP contribution in [-0.4, -0.2) is 15.9 Å². The van der Waals surface area contributed by atoms with E-state index in [0.717, 1.165) is 40.6 Å². The summed E-state index contributed by atoms with van der Waals surface area (Å²) in [5.74, 6) is 0.493. The maximum absolute atomic E-state index is 12.2. The molecule has 1 aliphatic rings. The molecule has 0 unspecified atom stereocenters. The van der Waals surface area contributed by atoms with Gasteiger partial charge in [-0.3, -0.25) is 4.79 Å². The van der Waals surface area contributed by atoms with Crippen molar-refractivity contribution in [3.05, 3.63) is 53.6 Å². The van der Waals surface area contributed by atoms with Crippen molar-refractivity contribution in [2.24, 2.45) is 0 Å². The maximum Gasteiger partial charge on any atom is 0.163 e. The van der Waals surface area contributed by atoms with Crippen molar-refractivity contribution in [2.45, 2.75) is 19.3 Å². The third kappa shape index (κ3) is 1.85. The van der Waals surface area contributed by atoms with Crippen LogP contribution in [0, 0.1) is 0 Å². The topological polar surface area (TPSA) is 53.1 Å². The molecule has 0 saturated carbocycles. The zero-order valence-electron chi connectivity index (χ0n) is 11.5. The lowest BCUT2D eigenvalue weighted by atomic mass is 10.0. The Kier molecular flexibility index (Phi) is 2.61. The minimum absolute atomic E-state index is 0.232. The van der Waals surface area contributed by atoms with Gasteiger partial charge in [-0.2, -0.15) is 0 Å². The fraction of sp³-hybridized carbons (Fsp3) is 0.167. The number of H-pyrrole nitrogens is 1. The smallest absolute Gasteiger partial charge is 0.163 e. The van der Waals surface area contributed by atoms with Gasteiger partial charge in [0.15, 0.2) is 5.78 Å². The molecule has 0 fully saturated rings. The van der Waals surface area contributed by atoms with E-state index in [9.17, 15) is 9.90 Å². The number of ketones is 1. The van der Waals surface area contributed by atoms with Crippen LogP contribution in [0.1, 0.15) is 28.8 Å². The third-order valence-corrected chi connectivity index (χ3v) is 4.21. The van der Waals surface area contributed by atoms with Gasteiger partial charge >= 0.3 is 0 Å². The van der Waals surface area contributed by atoms with Crippen LogP contribution in [-0.2, 0) is 6.42 Å². The van der Waals surface area contributed by atoms with E-state index in [1.54, 1.807) is 12.1 Å². The normalized spacial score (nSPS) is 14.4. The molecule has 0 radical (unpaired) electrons. The molecule has 21 heavy (non-hydrogen) atoms. The predicted molar refractivity (Wildman–Crippen MR) is 82.7 cm³/mol. The van der Waals surface area contributed by atoms with Crippen molar-refractivity contribution < 1.29 is 9.90 Å². The Hall–Kier alpha value is -2.55. The third-order valence-electron chi connectivity index (χ3n) is 4.21. The lowest BCUT2D eigenvalue weighted by Gasteiger charge is -2.03. The summed E-state index contributed by atoms with van der Waals surface area (Å²) >= 11 is 0. The summed E-state index contributed by atoms with van der Waals surface area (Å²) in [7, 11) is 0. The average Bonchev–Trinajstić information content (AvgIpc) is 2.77. The Morgan fingerprint density at radius 3 is 2.62 bits per heavy atom. The monoisotopic (exact) mass is 277 g/mol. The number of hydrogen-bond donors (Lipinski definition) is 2. The lowest BCUT2D eigenvalue weighted by molar-refractivity contribution is 0.0983. The highest BCUT2D eigenvalue weighted by Gasteiger charge is 2.22. The van der Waals surface area contributed by atoms with Gasteiger partial charge < -0.3 is 10.1 Å². The van der Waals surface area contributed by atoms with Crippen molar-refractivity contribution in [2.75, 3.05) is 0 Å². The van der Waals surface area contributed by atoms with E-state index >= 15 is 0 Å². The SMILES string of the molecule is O=C1CCCc2c(-c3ccc(O)cc3)[nH]c3cccc1c23. The van der Waals surface area contributed by atoms with Crippen LogP contribution in [0.5, 0.6) is 5.75 Å². The van der Waals surface area contributed by atoms with Crippen LogP contribution in [0.3, 0.4) is 0 Å². The van der Waals surface area contributed by atoms with E-state index in [0.29, 0.717) is 6.42 Å². The molecule has 1 aromatic heterocycles. The summed E-state index contributed by atoms with van der Waals surface area (Å²) in [6.07, 6.45) is 2.40. The summed E-state index contributed by atoms with van der Waals surface area (Å²) in [5, 5.41) is 10.5. The number of aromatic hydroxyl groups is 1. The number of Topliss-reactive ketones (excluding diaryl/α,β-unsaturated/α-hetero) is 1. The first-order chi connectivity index (χ1) is 10.2. The largest absolute Gasteiger partial charge is 0.508 e. The molecule has 3 aromatic rings. The molecular weight excluding hydrogens is 262 g/mol. The van der Waals surface area contributed by atoms with E-state index < -0.39 is 0 Å². The molecule has 104 valence electrons. The molecular formula is C18H15NO2. The van der Waals surface area contributed by atoms with Gasteiger partial charge in [0.1, 0.15) is 5.75 Å². The number of aryl methyl sites for hydroxylation is 1. The van der Waals surface area contributed by atoms with Crippen molar-refractivity contribution in [3.63, 3.8) is 0 Å². The Labute approximate surface area is 122 Å². The number of rotatable bonds is 1. The standard InChI is InChI=1S/C18H15NO2/c20-12-9-7-11(8-10-12)18-14-4-2-6-16(21)13-3-1-5-15(19-18)17(13)14/h1,3,5,7-10,19-20H,2,4,6H2. The fourth-order valence-electron chi connectivity index (χ4n) is 3.23. The molecule has 0 aliphatic heterocycles. The number of hydrogen-bond acceptors (Lipinski definition) is 2. The first-order valence-electron chi connectivity index (χ1n) is 7.20. The highest BCUT2D eigenvalue weighted by Crippen LogP contribution is 2.36. The molecule has 0 bridgehead atoms. The molecule has 0 saturated heterocycles. The second kappa shape index (κ2) is 4.48. The number of carbonyl (C=O) groups excluding carboxylic acids is 1. The van der Waals surface area contributed by atoms with Crippen molar-refractivity contribution >= 4 is 16.7 Å². The van der Waals surface area contributed by atoms with Gasteiger partial charge in [0.2, 0.25) is 0 Å². The van der Waals surface area contributed by atoms with Gasteiger partial charge in [-0.15, -0.1) is 0 Å². The van der Waals surface area contributed by atoms with E-state index in [4.69, 9.17) is 0 Å². The molecule has 1 heterocycles. The number of phenols is 1. The molecule has 3 nitrogen and oxygen atoms in total. The molecule has 0 spiro atoms. The van der Waals surface area contributed by atoms with Crippen LogP contribution in [0.25, 0.3) is 22.2 Å². The van der Waals surface area contributed by atoms with Crippen molar-refractivity contribution in [3.8, 4) is 17.0 Å². The molecule has 4 rings (SSSR count). The van der Waals surface area contributed by atoms with Gasteiger partial charge in [0.05, 0.1) is 0 Å². The Bertz CT molecular complexity index is 844. The van der Waals surface area contributed by atoms with Crippen molar-refractivity contribution in [1.82, 2.24) is 4.98 Å². The molecule has 2 aromatic carbocycles. The number of benzene rings is 2. The van der Waals surface area contributed by atoms with Gasteiger partial charge in [0, 0.05) is 28.6 Å². The lowest BCUT2D eigenvalue weighted by Crippen LogP contribution is -1.96. The van der Waals surface area contributed by atoms with E-state index in [1.807, 2.05) is 30.3 Å². The second-order valence-corrected chi connectivity index (χ2v) is 5.53. The van der Waals surface area contributed by atoms with Gasteiger partial charge in [0.25, 0.3) is 0 Å². The number of nitrogens with one attached hydrogen (secondary N) is 1. The van der Waals surface area contributed by atoms with Gasteiger partial charge in [-0.05, 0) is 54.3 Å². The molecule has 2 N–H and O–H groups in total. The average molecular weight is 277 g/mol. The number of aromatic amines is 1. The van der Waals surface area contributed by atoms with E-state index in [-0.39, 0.29) is 11.5 Å². The molecule has 1 aliphatic carbocycles. The van der Waals surface area contributed by atoms with Gasteiger partial charge in [-0.1, -0.05) is 12.1 Å². The van der Waals surface area contributed by atoms with Crippen LogP contribution >= 0.6 is 0 Å². The van der Waals surface area contributed by atoms with Crippen molar-refractivity contribution in [1.29, 1.82) is 0 Å². The molecule has 3 heteroatoms. The maximum atomic E-state index is 12.2. The highest BCUT2D eigenvalue weighted by molar-refractivity contribution is 6.11. The summed E-state index contributed by atoms with van der Waals surface area (Å²) in [4.78, 5) is 15.7. The Balaban J connectivity index is 2.02. The highest BCUT2D eigenvalue weighted by atomic mass is 16.3. The van der Waals surface area contributed by atoms with Crippen LogP contribution in [0.4, 0.5) is 0 Å². The molecule has 0 amide bonds. The van der Waals surface area contributed by atoms with Crippen LogP contribution < -0.4 is 0 Å². The number of carbonyl (C=O) groups is 1. The minimum atomic E-state index is 0.232. The fourth-order valence-corrected chi connectivity index (χ4v) is 3.23. The second-order valence-electron chi connectivity index (χ2n) is 5.53. The molecule has 0 atom stereocenters. The zero-order chi connectivity index (χ0) is 14.4. The zero-order valence-corrected chi connectivity index (χ0v) is 11.5. The number of aromatic nitrogens is 1. The first kappa shape index (κ1) is 12.2. The summed E-state index contributed by atoms with van der Waals surface area (Å²) in [5.41, 5.74) is 5.17. The summed E-state index contributed by atoms with van der Waals surface area (Å²) < 4.78 is 0. The quantitative estimate of drug-likeness (QED) is 0.704. The summed E-state index contributed by atoms with van der Waals surface area (Å²) in [6.45, 7) is 0.